The maximum absolute atomic E-state index is 11.7. The number of nitrogens with one attached hydrogen (secondary N) is 1. The third-order valence-corrected chi connectivity index (χ3v) is 3.09. The van der Waals surface area contributed by atoms with E-state index in [2.05, 4.69) is 10.5 Å². The molecule has 1 amide bonds. The summed E-state index contributed by atoms with van der Waals surface area (Å²) < 4.78 is 0. The van der Waals surface area contributed by atoms with Crippen LogP contribution in [0.15, 0.2) is 59.7 Å². The van der Waals surface area contributed by atoms with Gasteiger partial charge in [-0.3, -0.25) is 10.2 Å². The molecule has 0 aliphatic rings. The van der Waals surface area contributed by atoms with Gasteiger partial charge in [0.2, 0.25) is 5.91 Å². The number of hydrazone groups is 1. The van der Waals surface area contributed by atoms with Gasteiger partial charge >= 0.3 is 0 Å². The average Bonchev–Trinajstić information content (AvgIpc) is 2.50. The second kappa shape index (κ2) is 7.24. The number of carbonyl (C=O) groups is 1. The van der Waals surface area contributed by atoms with Gasteiger partial charge in [0.25, 0.3) is 0 Å². The van der Waals surface area contributed by atoms with Crippen LogP contribution in [0.3, 0.4) is 0 Å². The molecule has 0 aromatic heterocycles. The van der Waals surface area contributed by atoms with Crippen molar-refractivity contribution < 1.29 is 4.79 Å². The van der Waals surface area contributed by atoms with Crippen LogP contribution in [-0.4, -0.2) is 18.7 Å². The van der Waals surface area contributed by atoms with Crippen molar-refractivity contribution in [2.45, 2.75) is 13.8 Å². The fourth-order valence-corrected chi connectivity index (χ4v) is 2.08. The van der Waals surface area contributed by atoms with Gasteiger partial charge < -0.3 is 4.90 Å². The number of rotatable bonds is 5. The van der Waals surface area contributed by atoms with Gasteiger partial charge in [-0.15, -0.1) is 0 Å². The molecule has 2 aromatic carbocycles. The molecule has 108 valence electrons. The van der Waals surface area contributed by atoms with Crippen molar-refractivity contribution in [1.29, 1.82) is 0 Å². The molecular formula is C17H19N3O. The van der Waals surface area contributed by atoms with E-state index in [1.807, 2.05) is 61.5 Å². The monoisotopic (exact) mass is 281 g/mol. The molecule has 0 bridgehead atoms. The Hall–Kier alpha value is -2.62. The number of para-hydroxylation sites is 2. The molecule has 0 aliphatic heterocycles. The van der Waals surface area contributed by atoms with E-state index < -0.39 is 0 Å². The summed E-state index contributed by atoms with van der Waals surface area (Å²) in [4.78, 5) is 13.4. The lowest BCUT2D eigenvalue weighted by Crippen LogP contribution is -2.28. The Morgan fingerprint density at radius 1 is 1.14 bits per heavy atom. The predicted octanol–water partition coefficient (Wildman–Crippen LogP) is 3.51. The highest BCUT2D eigenvalue weighted by Crippen LogP contribution is 2.25. The van der Waals surface area contributed by atoms with E-state index in [0.29, 0.717) is 6.54 Å². The number of nitrogens with zero attached hydrogens (tertiary/aromatic N) is 2. The summed E-state index contributed by atoms with van der Waals surface area (Å²) in [6.45, 7) is 4.13. The lowest BCUT2D eigenvalue weighted by molar-refractivity contribution is -0.116. The van der Waals surface area contributed by atoms with Crippen LogP contribution in [0.5, 0.6) is 0 Å². The maximum Gasteiger partial charge on any atom is 0.223 e. The molecule has 0 fully saturated rings. The van der Waals surface area contributed by atoms with Crippen LogP contribution < -0.4 is 10.3 Å². The quantitative estimate of drug-likeness (QED) is 0.673. The zero-order chi connectivity index (χ0) is 15.1. The number of anilines is 2. The Bertz CT molecular complexity index is 623. The molecule has 4 heteroatoms. The lowest BCUT2D eigenvalue weighted by Gasteiger charge is -2.21. The van der Waals surface area contributed by atoms with E-state index in [-0.39, 0.29) is 5.91 Å². The van der Waals surface area contributed by atoms with Gasteiger partial charge in [0, 0.05) is 13.5 Å². The zero-order valence-electron chi connectivity index (χ0n) is 12.3. The third kappa shape index (κ3) is 3.92. The number of carbonyl (C=O) groups excluding carboxylic acids is 1. The fourth-order valence-electron chi connectivity index (χ4n) is 2.08. The van der Waals surface area contributed by atoms with Crippen molar-refractivity contribution >= 4 is 23.5 Å². The molecule has 0 spiro atoms. The second-order valence-corrected chi connectivity index (χ2v) is 4.56. The lowest BCUT2D eigenvalue weighted by atomic mass is 10.2. The molecule has 21 heavy (non-hydrogen) atoms. The van der Waals surface area contributed by atoms with Gasteiger partial charge in [0.15, 0.2) is 0 Å². The normalized spacial score (nSPS) is 10.6. The third-order valence-electron chi connectivity index (χ3n) is 3.09. The molecule has 2 aromatic rings. The molecular weight excluding hydrogens is 262 g/mol. The molecule has 1 N–H and O–H groups in total. The van der Waals surface area contributed by atoms with Gasteiger partial charge in [-0.1, -0.05) is 42.5 Å². The Labute approximate surface area is 125 Å². The summed E-state index contributed by atoms with van der Waals surface area (Å²) in [7, 11) is 0. The summed E-state index contributed by atoms with van der Waals surface area (Å²) >= 11 is 0. The first-order chi connectivity index (χ1) is 10.2. The number of hydrogen-bond donors (Lipinski definition) is 1. The van der Waals surface area contributed by atoms with Gasteiger partial charge in [0.05, 0.1) is 17.6 Å². The van der Waals surface area contributed by atoms with Crippen LogP contribution >= 0.6 is 0 Å². The van der Waals surface area contributed by atoms with E-state index in [4.69, 9.17) is 0 Å². The molecule has 0 heterocycles. The highest BCUT2D eigenvalue weighted by Gasteiger charge is 2.12. The first kappa shape index (κ1) is 14.8. The summed E-state index contributed by atoms with van der Waals surface area (Å²) in [6, 6.07) is 17.5. The van der Waals surface area contributed by atoms with Crippen molar-refractivity contribution in [1.82, 2.24) is 0 Å². The number of hydrogen-bond acceptors (Lipinski definition) is 3. The molecule has 0 atom stereocenters. The van der Waals surface area contributed by atoms with Crippen LogP contribution in [0.1, 0.15) is 19.4 Å². The Balaban J connectivity index is 2.17. The second-order valence-electron chi connectivity index (χ2n) is 4.56. The molecule has 0 saturated carbocycles. The summed E-state index contributed by atoms with van der Waals surface area (Å²) in [6.07, 6.45) is 1.75. The van der Waals surface area contributed by atoms with E-state index in [9.17, 15) is 4.79 Å². The van der Waals surface area contributed by atoms with Crippen LogP contribution in [0.2, 0.25) is 0 Å². The zero-order valence-corrected chi connectivity index (χ0v) is 12.3. The van der Waals surface area contributed by atoms with Crippen LogP contribution in [0, 0.1) is 0 Å². The minimum atomic E-state index is 0.0128. The standard InChI is InChI=1S/C17H19N3O/c1-3-20(14(2)21)17-12-8-7-11-16(17)19-18-13-15-9-5-4-6-10-15/h4-13,19H,3H2,1-2H3. The topological polar surface area (TPSA) is 44.7 Å². The molecule has 0 unspecified atom stereocenters. The van der Waals surface area contributed by atoms with E-state index in [0.717, 1.165) is 16.9 Å². The first-order valence-electron chi connectivity index (χ1n) is 6.93. The smallest absolute Gasteiger partial charge is 0.223 e. The Kier molecular flexibility index (Phi) is 5.10. The number of amides is 1. The van der Waals surface area contributed by atoms with Crippen molar-refractivity contribution in [3.63, 3.8) is 0 Å². The molecule has 0 radical (unpaired) electrons. The van der Waals surface area contributed by atoms with E-state index in [1.165, 1.54) is 0 Å². The highest BCUT2D eigenvalue weighted by molar-refractivity contribution is 5.95. The minimum absolute atomic E-state index is 0.0128. The summed E-state index contributed by atoms with van der Waals surface area (Å²) in [5.41, 5.74) is 5.66. The molecule has 0 aliphatic carbocycles. The van der Waals surface area contributed by atoms with Crippen LogP contribution in [0.25, 0.3) is 0 Å². The minimum Gasteiger partial charge on any atom is -0.311 e. The largest absolute Gasteiger partial charge is 0.311 e. The molecule has 0 saturated heterocycles. The first-order valence-corrected chi connectivity index (χ1v) is 6.93. The van der Waals surface area contributed by atoms with Gasteiger partial charge in [-0.05, 0) is 24.6 Å². The summed E-state index contributed by atoms with van der Waals surface area (Å²) in [5, 5.41) is 4.24. The SMILES string of the molecule is CCN(C(C)=O)c1ccccc1NN=Cc1ccccc1. The van der Waals surface area contributed by atoms with Crippen LogP contribution in [-0.2, 0) is 4.79 Å². The van der Waals surface area contributed by atoms with Gasteiger partial charge in [0.1, 0.15) is 0 Å². The van der Waals surface area contributed by atoms with Crippen molar-refractivity contribution in [2.75, 3.05) is 16.9 Å². The van der Waals surface area contributed by atoms with E-state index >= 15 is 0 Å². The van der Waals surface area contributed by atoms with Gasteiger partial charge in [-0.2, -0.15) is 5.10 Å². The Morgan fingerprint density at radius 3 is 2.48 bits per heavy atom. The summed E-state index contributed by atoms with van der Waals surface area (Å²) in [5.74, 6) is 0.0128. The molecule has 2 rings (SSSR count). The van der Waals surface area contributed by atoms with Crippen molar-refractivity contribution in [2.24, 2.45) is 5.10 Å². The molecule has 4 nitrogen and oxygen atoms in total. The average molecular weight is 281 g/mol. The fraction of sp³-hybridized carbons (Fsp3) is 0.176. The van der Waals surface area contributed by atoms with Crippen molar-refractivity contribution in [3.8, 4) is 0 Å². The van der Waals surface area contributed by atoms with E-state index in [1.54, 1.807) is 18.0 Å². The van der Waals surface area contributed by atoms with Crippen LogP contribution in [0.4, 0.5) is 11.4 Å². The predicted molar refractivity (Wildman–Crippen MR) is 87.8 cm³/mol. The highest BCUT2D eigenvalue weighted by atomic mass is 16.2. The Morgan fingerprint density at radius 2 is 1.81 bits per heavy atom. The van der Waals surface area contributed by atoms with Crippen molar-refractivity contribution in [3.05, 3.63) is 60.2 Å². The maximum atomic E-state index is 11.7. The number of benzene rings is 2. The van der Waals surface area contributed by atoms with Gasteiger partial charge in [-0.25, -0.2) is 0 Å².